The molecule has 110 valence electrons. The van der Waals surface area contributed by atoms with Gasteiger partial charge >= 0.3 is 11.7 Å². The number of aryl methyl sites for hydroxylation is 1. The molecule has 21 heavy (non-hydrogen) atoms. The maximum absolute atomic E-state index is 12.4. The molecular weight excluding hydrogens is 382 g/mol. The predicted molar refractivity (Wildman–Crippen MR) is 85.8 cm³/mol. The van der Waals surface area contributed by atoms with Gasteiger partial charge in [-0.3, -0.25) is 0 Å². The van der Waals surface area contributed by atoms with Crippen molar-refractivity contribution in [3.8, 4) is 0 Å². The number of allylic oxidation sites excluding steroid dienone is 4. The largest absolute Gasteiger partial charge is 0.365 e. The lowest BCUT2D eigenvalue weighted by Gasteiger charge is -2.11. The van der Waals surface area contributed by atoms with Crippen molar-refractivity contribution in [2.75, 3.05) is 0 Å². The summed E-state index contributed by atoms with van der Waals surface area (Å²) < 4.78 is 0.997. The lowest BCUT2D eigenvalue weighted by molar-refractivity contribution is -0.391. The molecule has 0 bridgehead atoms. The van der Waals surface area contributed by atoms with E-state index >= 15 is 0 Å². The van der Waals surface area contributed by atoms with Gasteiger partial charge in [0.15, 0.2) is 0 Å². The number of carbonyl (C=O) groups is 1. The quantitative estimate of drug-likeness (QED) is 0.446. The van der Waals surface area contributed by atoms with Crippen molar-refractivity contribution >= 4 is 56.3 Å². The molecule has 0 aromatic carbocycles. The van der Waals surface area contributed by atoms with Crippen LogP contribution in [0.2, 0.25) is 0 Å². The third-order valence-corrected chi connectivity index (χ3v) is 4.12. The molecule has 0 saturated carbocycles. The van der Waals surface area contributed by atoms with E-state index in [0.29, 0.717) is 21.9 Å². The van der Waals surface area contributed by atoms with Crippen molar-refractivity contribution in [2.45, 2.75) is 19.8 Å². The van der Waals surface area contributed by atoms with Gasteiger partial charge in [0.1, 0.15) is 0 Å². The predicted octanol–water partition coefficient (Wildman–Crippen LogP) is 3.72. The van der Waals surface area contributed by atoms with Crippen molar-refractivity contribution in [1.82, 2.24) is 9.55 Å². The smallest absolute Gasteiger partial charge is 0.358 e. The lowest BCUT2D eigenvalue weighted by Crippen LogP contribution is -2.18. The second-order valence-corrected chi connectivity index (χ2v) is 6.00. The van der Waals surface area contributed by atoms with Crippen LogP contribution in [0.4, 0.5) is 5.82 Å². The van der Waals surface area contributed by atoms with Crippen LogP contribution < -0.4 is 0 Å². The van der Waals surface area contributed by atoms with Gasteiger partial charge in [-0.05, 0) is 32.5 Å². The zero-order valence-corrected chi connectivity index (χ0v) is 14.0. The minimum absolute atomic E-state index is 0.0245. The average Bonchev–Trinajstić information content (AvgIpc) is 2.68. The highest BCUT2D eigenvalue weighted by Gasteiger charge is 2.30. The molecule has 0 aliphatic heterocycles. The summed E-state index contributed by atoms with van der Waals surface area (Å²) in [5.41, 5.74) is 0.598. The Morgan fingerprint density at radius 3 is 2.95 bits per heavy atom. The number of nitrogens with zero attached hydrogens (tertiary/aromatic N) is 3. The molecular formula is C12H9BrClN3O3S. The van der Waals surface area contributed by atoms with Crippen LogP contribution >= 0.6 is 39.7 Å². The topological polar surface area (TPSA) is 78.0 Å². The number of hydrogen-bond acceptors (Lipinski definition) is 5. The van der Waals surface area contributed by atoms with Gasteiger partial charge in [0, 0.05) is 23.2 Å². The molecule has 2 rings (SSSR count). The highest BCUT2D eigenvalue weighted by Crippen LogP contribution is 2.27. The fraction of sp³-hybridized carbons (Fsp3) is 0.250. The molecule has 1 aromatic heterocycles. The van der Waals surface area contributed by atoms with E-state index in [9.17, 15) is 14.9 Å². The molecule has 0 radical (unpaired) electrons. The van der Waals surface area contributed by atoms with Crippen LogP contribution in [0.5, 0.6) is 0 Å². The van der Waals surface area contributed by atoms with Gasteiger partial charge in [0.2, 0.25) is 10.4 Å². The van der Waals surface area contributed by atoms with E-state index in [4.69, 9.17) is 23.8 Å². The lowest BCUT2D eigenvalue weighted by atomic mass is 10.0. The van der Waals surface area contributed by atoms with E-state index in [-0.39, 0.29) is 22.7 Å². The Morgan fingerprint density at radius 2 is 2.33 bits per heavy atom. The van der Waals surface area contributed by atoms with Gasteiger partial charge in [0.05, 0.1) is 6.42 Å². The minimum Gasteiger partial charge on any atom is -0.358 e. The molecule has 9 heteroatoms. The van der Waals surface area contributed by atoms with Crippen LogP contribution in [0.15, 0.2) is 27.4 Å². The number of carbonyl (C=O) groups excluding carboxylic acids is 1. The summed E-state index contributed by atoms with van der Waals surface area (Å²) in [5.74, 6) is -0.624. The summed E-state index contributed by atoms with van der Waals surface area (Å²) in [5, 5.41) is 11.6. The zero-order valence-electron chi connectivity index (χ0n) is 10.8. The second-order valence-electron chi connectivity index (χ2n) is 4.32. The van der Waals surface area contributed by atoms with Gasteiger partial charge in [-0.25, -0.2) is 4.79 Å². The van der Waals surface area contributed by atoms with Crippen LogP contribution in [0.1, 0.15) is 23.5 Å². The average molecular weight is 391 g/mol. The molecule has 0 spiro atoms. The van der Waals surface area contributed by atoms with E-state index in [2.05, 4.69) is 20.9 Å². The molecule has 1 aliphatic carbocycles. The van der Waals surface area contributed by atoms with Crippen molar-refractivity contribution < 1.29 is 9.72 Å². The van der Waals surface area contributed by atoms with Gasteiger partial charge in [-0.15, -0.1) is 4.57 Å². The number of nitro groups is 1. The number of hydrogen-bond donors (Lipinski definition) is 0. The molecule has 0 fully saturated rings. The molecule has 0 N–H and O–H groups in total. The third kappa shape index (κ3) is 3.28. The third-order valence-electron chi connectivity index (χ3n) is 2.90. The van der Waals surface area contributed by atoms with Crippen molar-refractivity contribution in [3.63, 3.8) is 0 Å². The summed E-state index contributed by atoms with van der Waals surface area (Å²) in [6.07, 6.45) is 3.78. The summed E-state index contributed by atoms with van der Waals surface area (Å²) >= 11 is 14.1. The van der Waals surface area contributed by atoms with Gasteiger partial charge in [-0.1, -0.05) is 29.9 Å². The summed E-state index contributed by atoms with van der Waals surface area (Å²) in [4.78, 5) is 27.3. The Balaban J connectivity index is 2.36. The SMILES string of the molecule is Cc1nc(Br)c([N+](=O)[O-])n1C(=O)CC1=CC(Cl)=CCC1=S. The van der Waals surface area contributed by atoms with Gasteiger partial charge < -0.3 is 10.1 Å². The van der Waals surface area contributed by atoms with Crippen LogP contribution in [0.25, 0.3) is 0 Å². The molecule has 1 aliphatic rings. The normalized spacial score (nSPS) is 14.7. The molecule has 6 nitrogen and oxygen atoms in total. The van der Waals surface area contributed by atoms with Crippen molar-refractivity contribution in [2.24, 2.45) is 0 Å². The van der Waals surface area contributed by atoms with E-state index < -0.39 is 10.8 Å². The Labute approximate surface area is 138 Å². The summed E-state index contributed by atoms with van der Waals surface area (Å²) in [6.45, 7) is 1.52. The number of halogens is 2. The second kappa shape index (κ2) is 6.17. The molecule has 1 heterocycles. The standard InChI is InChI=1S/C12H9BrClN3O3S/c1-6-15-11(13)12(17(19)20)16(6)10(18)5-7-4-8(14)2-3-9(7)21/h2,4H,3,5H2,1H3. The van der Waals surface area contributed by atoms with E-state index in [1.165, 1.54) is 6.92 Å². The van der Waals surface area contributed by atoms with Crippen molar-refractivity contribution in [3.05, 3.63) is 43.3 Å². The number of imidazole rings is 1. The van der Waals surface area contributed by atoms with Crippen LogP contribution in [0.3, 0.4) is 0 Å². The molecule has 0 unspecified atom stereocenters. The van der Waals surface area contributed by atoms with E-state index in [1.54, 1.807) is 12.2 Å². The maximum atomic E-state index is 12.4. The Morgan fingerprint density at radius 1 is 1.67 bits per heavy atom. The Kier molecular flexibility index (Phi) is 4.70. The highest BCUT2D eigenvalue weighted by molar-refractivity contribution is 9.10. The van der Waals surface area contributed by atoms with Crippen LogP contribution in [0, 0.1) is 17.0 Å². The first-order valence-corrected chi connectivity index (χ1v) is 7.41. The number of thiocarbonyl (C=S) groups is 1. The maximum Gasteiger partial charge on any atom is 0.365 e. The first kappa shape index (κ1) is 16.0. The van der Waals surface area contributed by atoms with Crippen LogP contribution in [-0.4, -0.2) is 25.2 Å². The zero-order chi connectivity index (χ0) is 15.7. The van der Waals surface area contributed by atoms with E-state index in [0.717, 1.165) is 4.57 Å². The first-order chi connectivity index (χ1) is 9.81. The van der Waals surface area contributed by atoms with Crippen molar-refractivity contribution in [1.29, 1.82) is 0 Å². The fourth-order valence-electron chi connectivity index (χ4n) is 1.96. The molecule has 1 aromatic rings. The molecule has 0 saturated heterocycles. The Hall–Kier alpha value is -1.38. The Bertz CT molecular complexity index is 724. The first-order valence-electron chi connectivity index (χ1n) is 5.83. The number of aromatic nitrogens is 2. The molecule has 0 atom stereocenters. The highest BCUT2D eigenvalue weighted by atomic mass is 79.9. The number of rotatable bonds is 3. The fourth-order valence-corrected chi connectivity index (χ4v) is 2.96. The van der Waals surface area contributed by atoms with E-state index in [1.807, 2.05) is 0 Å². The minimum atomic E-state index is -0.650. The summed E-state index contributed by atoms with van der Waals surface area (Å²) in [7, 11) is 0. The van der Waals surface area contributed by atoms with Crippen LogP contribution in [-0.2, 0) is 0 Å². The summed E-state index contributed by atoms with van der Waals surface area (Å²) in [6, 6.07) is 0. The van der Waals surface area contributed by atoms with Gasteiger partial charge in [0.25, 0.3) is 0 Å². The monoisotopic (exact) mass is 389 g/mol. The molecule has 0 amide bonds. The van der Waals surface area contributed by atoms with Gasteiger partial charge in [-0.2, -0.15) is 4.98 Å².